The molecule has 1 spiro atoms. The molecule has 2 N–H and O–H groups in total. The monoisotopic (exact) mass is 545 g/mol. The maximum absolute atomic E-state index is 14.7. The Morgan fingerprint density at radius 1 is 1.22 bits per heavy atom. The summed E-state index contributed by atoms with van der Waals surface area (Å²) in [6.07, 6.45) is -7.47. The maximum atomic E-state index is 14.7. The van der Waals surface area contributed by atoms with Crippen LogP contribution in [-0.2, 0) is 24.8 Å². The molecule has 1 fully saturated rings. The lowest BCUT2D eigenvalue weighted by molar-refractivity contribution is -0.178. The number of halogens is 6. The van der Waals surface area contributed by atoms with Crippen LogP contribution in [0.2, 0.25) is 10.0 Å². The van der Waals surface area contributed by atoms with E-state index in [0.717, 1.165) is 12.1 Å². The Morgan fingerprint density at radius 3 is 2.61 bits per heavy atom. The Hall–Kier alpha value is -2.73. The van der Waals surface area contributed by atoms with Crippen LogP contribution in [-0.4, -0.2) is 43.7 Å². The summed E-state index contributed by atoms with van der Waals surface area (Å²) in [6, 6.07) is 6.51. The first-order valence-corrected chi connectivity index (χ1v) is 11.5. The second-order valence-corrected chi connectivity index (χ2v) is 9.52. The molecule has 2 aromatic carbocycles. The number of nitrogens with zero attached hydrogens (tertiary/aromatic N) is 1. The predicted octanol–water partition coefficient (Wildman–Crippen LogP) is 3.97. The lowest BCUT2D eigenvalue weighted by Gasteiger charge is -2.39. The van der Waals surface area contributed by atoms with Crippen LogP contribution in [0.5, 0.6) is 0 Å². The Bertz CT molecular complexity index is 1280. The smallest absolute Gasteiger partial charge is 0.386 e. The van der Waals surface area contributed by atoms with Gasteiger partial charge in [0.05, 0.1) is 11.6 Å². The highest BCUT2D eigenvalue weighted by Crippen LogP contribution is 2.49. The number of Topliss-reactive ketones (excluding diaryl/α,β-unsaturated/α-hetero) is 1. The molecule has 0 radical (unpaired) electrons. The van der Waals surface area contributed by atoms with E-state index in [1.54, 1.807) is 6.07 Å². The van der Waals surface area contributed by atoms with E-state index in [1.807, 2.05) is 0 Å². The summed E-state index contributed by atoms with van der Waals surface area (Å²) in [5.41, 5.74) is -0.712. The van der Waals surface area contributed by atoms with Gasteiger partial charge in [-0.1, -0.05) is 40.5 Å². The van der Waals surface area contributed by atoms with Crippen molar-refractivity contribution < 1.29 is 36.7 Å². The molecule has 0 aliphatic carbocycles. The average Bonchev–Trinajstić information content (AvgIpc) is 3.39. The van der Waals surface area contributed by atoms with Gasteiger partial charge >= 0.3 is 6.18 Å². The van der Waals surface area contributed by atoms with Gasteiger partial charge in [0.25, 0.3) is 0 Å². The fourth-order valence-corrected chi connectivity index (χ4v) is 5.27. The maximum Gasteiger partial charge on any atom is 0.401 e. The minimum absolute atomic E-state index is 0.0289. The Balaban J connectivity index is 1.55. The molecule has 0 aromatic heterocycles. The number of nitrogens with one attached hydrogen (secondary N) is 2. The van der Waals surface area contributed by atoms with Crippen molar-refractivity contribution in [2.75, 3.05) is 19.6 Å². The quantitative estimate of drug-likeness (QED) is 0.326. The summed E-state index contributed by atoms with van der Waals surface area (Å²) < 4.78 is 63.6. The summed E-state index contributed by atoms with van der Waals surface area (Å²) >= 11 is 11.7. The van der Waals surface area contributed by atoms with Crippen LogP contribution in [0.15, 0.2) is 35.5 Å². The second kappa shape index (κ2) is 8.98. The van der Waals surface area contributed by atoms with Crippen molar-refractivity contribution in [1.82, 2.24) is 10.6 Å². The second-order valence-electron chi connectivity index (χ2n) is 8.68. The number of carbonyl (C=O) groups excluding carboxylic acids is 2. The van der Waals surface area contributed by atoms with E-state index in [2.05, 4.69) is 15.8 Å². The number of fused-ring (bicyclic) bond motifs is 2. The normalized spacial score (nSPS) is 24.1. The van der Waals surface area contributed by atoms with Crippen LogP contribution in [0.4, 0.5) is 17.6 Å². The molecule has 7 nitrogen and oxygen atoms in total. The molecular formula is C23H17Cl2F4N3O4. The number of carbonyl (C=O) groups is 2. The molecule has 3 aliphatic heterocycles. The summed E-state index contributed by atoms with van der Waals surface area (Å²) in [6.45, 7) is 0.514. The molecule has 3 aliphatic rings. The summed E-state index contributed by atoms with van der Waals surface area (Å²) in [4.78, 5) is 28.5. The Morgan fingerprint density at radius 2 is 1.97 bits per heavy atom. The van der Waals surface area contributed by atoms with Gasteiger partial charge in [-0.2, -0.15) is 13.2 Å². The Kier molecular flexibility index (Phi) is 6.22. The average molecular weight is 546 g/mol. The minimum Gasteiger partial charge on any atom is -0.386 e. The third kappa shape index (κ3) is 4.03. The van der Waals surface area contributed by atoms with Gasteiger partial charge in [-0.25, -0.2) is 4.39 Å². The fraction of sp³-hybridized carbons (Fsp3) is 0.348. The first kappa shape index (κ1) is 24.9. The zero-order valence-electron chi connectivity index (χ0n) is 18.2. The van der Waals surface area contributed by atoms with Crippen LogP contribution < -0.4 is 10.6 Å². The topological polar surface area (TPSA) is 89.0 Å². The SMILES string of the molecule is O=CNCC(=O)C1OC2(CNC2)c2ccc(C3=NOC(c4cc(Cl)cc(Cl)c4F)C3C(F)(F)F)cc21. The van der Waals surface area contributed by atoms with Crippen molar-refractivity contribution in [3.05, 3.63) is 68.4 Å². The molecule has 3 atom stereocenters. The van der Waals surface area contributed by atoms with Crippen LogP contribution in [0.25, 0.3) is 0 Å². The number of benzene rings is 2. The molecule has 13 heteroatoms. The molecule has 0 bridgehead atoms. The van der Waals surface area contributed by atoms with Crippen molar-refractivity contribution in [2.24, 2.45) is 11.1 Å². The van der Waals surface area contributed by atoms with Gasteiger partial charge in [-0.3, -0.25) is 9.59 Å². The van der Waals surface area contributed by atoms with Crippen LogP contribution in [0.3, 0.4) is 0 Å². The van der Waals surface area contributed by atoms with Crippen LogP contribution >= 0.6 is 23.2 Å². The van der Waals surface area contributed by atoms with E-state index >= 15 is 0 Å². The van der Waals surface area contributed by atoms with E-state index in [0.29, 0.717) is 30.6 Å². The molecule has 2 aromatic rings. The van der Waals surface area contributed by atoms with Crippen molar-refractivity contribution >= 4 is 41.1 Å². The molecule has 3 unspecified atom stereocenters. The van der Waals surface area contributed by atoms with E-state index in [1.165, 1.54) is 12.1 Å². The molecule has 3 heterocycles. The van der Waals surface area contributed by atoms with Crippen LogP contribution in [0.1, 0.15) is 34.5 Å². The third-order valence-electron chi connectivity index (χ3n) is 6.48. The van der Waals surface area contributed by atoms with Gasteiger partial charge in [-0.05, 0) is 29.3 Å². The largest absolute Gasteiger partial charge is 0.401 e. The molecule has 1 saturated heterocycles. The fourth-order valence-electron chi connectivity index (χ4n) is 4.76. The zero-order chi connectivity index (χ0) is 25.8. The van der Waals surface area contributed by atoms with Crippen molar-refractivity contribution in [3.63, 3.8) is 0 Å². The van der Waals surface area contributed by atoms with Gasteiger partial charge in [0.1, 0.15) is 29.2 Å². The Labute approximate surface area is 211 Å². The van der Waals surface area contributed by atoms with E-state index < -0.39 is 57.8 Å². The van der Waals surface area contributed by atoms with Gasteiger partial charge < -0.3 is 20.2 Å². The highest BCUT2D eigenvalue weighted by Gasteiger charge is 2.55. The van der Waals surface area contributed by atoms with E-state index in [4.69, 9.17) is 32.8 Å². The van der Waals surface area contributed by atoms with Crippen LogP contribution in [0, 0.1) is 11.7 Å². The highest BCUT2D eigenvalue weighted by atomic mass is 35.5. The molecule has 190 valence electrons. The number of hydrogen-bond acceptors (Lipinski definition) is 6. The standard InChI is InChI=1S/C23H17Cl2F4N3O4/c24-11-4-13(18(26)15(25)5-11)21-17(23(27,28)29)19(32-36-21)10-1-2-14-12(3-10)20(16(34)6-30-9-33)35-22(14)7-31-8-22/h1-5,9,17,20-21,31H,6-8H2,(H,30,33). The number of alkyl halides is 3. The zero-order valence-corrected chi connectivity index (χ0v) is 19.7. The number of ether oxygens (including phenoxy) is 1. The number of amides is 1. The number of oxime groups is 1. The highest BCUT2D eigenvalue weighted by molar-refractivity contribution is 6.34. The number of rotatable bonds is 6. The number of hydrogen-bond donors (Lipinski definition) is 2. The first-order valence-electron chi connectivity index (χ1n) is 10.7. The minimum atomic E-state index is -4.88. The molecule has 0 saturated carbocycles. The lowest BCUT2D eigenvalue weighted by Crippen LogP contribution is -2.57. The van der Waals surface area contributed by atoms with Gasteiger partial charge in [0, 0.05) is 29.2 Å². The van der Waals surface area contributed by atoms with Gasteiger partial charge in [0.15, 0.2) is 11.9 Å². The summed E-state index contributed by atoms with van der Waals surface area (Å²) in [5.74, 6) is -3.89. The van der Waals surface area contributed by atoms with E-state index in [9.17, 15) is 27.2 Å². The molecule has 36 heavy (non-hydrogen) atoms. The van der Waals surface area contributed by atoms with Gasteiger partial charge in [-0.15, -0.1) is 0 Å². The molecule has 5 rings (SSSR count). The third-order valence-corrected chi connectivity index (χ3v) is 6.97. The van der Waals surface area contributed by atoms with Gasteiger partial charge in [0.2, 0.25) is 6.41 Å². The van der Waals surface area contributed by atoms with Crippen molar-refractivity contribution in [2.45, 2.75) is 24.0 Å². The predicted molar refractivity (Wildman–Crippen MR) is 120 cm³/mol. The first-order chi connectivity index (χ1) is 17.1. The number of ketones is 1. The summed E-state index contributed by atoms with van der Waals surface area (Å²) in [7, 11) is 0. The lowest BCUT2D eigenvalue weighted by atomic mass is 9.83. The summed E-state index contributed by atoms with van der Waals surface area (Å²) in [5, 5.41) is 8.51. The van der Waals surface area contributed by atoms with E-state index in [-0.39, 0.29) is 17.1 Å². The molecule has 1 amide bonds. The molecular weight excluding hydrogens is 529 g/mol. The van der Waals surface area contributed by atoms with Crippen molar-refractivity contribution in [1.29, 1.82) is 0 Å². The van der Waals surface area contributed by atoms with Crippen molar-refractivity contribution in [3.8, 4) is 0 Å².